The van der Waals surface area contributed by atoms with Crippen molar-refractivity contribution in [2.24, 2.45) is 0 Å². The molecule has 172 valence electrons. The van der Waals surface area contributed by atoms with Gasteiger partial charge in [-0.25, -0.2) is 0 Å². The number of carbonyl (C=O) groups excluding carboxylic acids is 1. The number of para-hydroxylation sites is 1. The smallest absolute Gasteiger partial charge is 0.289 e. The molecule has 2 aliphatic rings. The lowest BCUT2D eigenvalue weighted by Crippen LogP contribution is -2.41. The first-order valence-corrected chi connectivity index (χ1v) is 12.0. The lowest BCUT2D eigenvalue weighted by molar-refractivity contribution is 0.00917. The average Bonchev–Trinajstić information content (AvgIpc) is 3.44. The molecule has 3 heterocycles. The maximum absolute atomic E-state index is 13.3. The second-order valence-electron chi connectivity index (χ2n) is 9.18. The Kier molecular flexibility index (Phi) is 6.49. The fourth-order valence-corrected chi connectivity index (χ4v) is 5.06. The van der Waals surface area contributed by atoms with Crippen LogP contribution in [0.4, 0.5) is 5.69 Å². The van der Waals surface area contributed by atoms with Gasteiger partial charge in [-0.05, 0) is 55.9 Å². The molecule has 0 aliphatic carbocycles. The van der Waals surface area contributed by atoms with Gasteiger partial charge in [-0.1, -0.05) is 48.5 Å². The fourth-order valence-electron chi connectivity index (χ4n) is 5.06. The fraction of sp³-hybridized carbons (Fsp3) is 0.393. The number of nitrogens with zero attached hydrogens (tertiary/aromatic N) is 2. The van der Waals surface area contributed by atoms with Gasteiger partial charge in [0.2, 0.25) is 0 Å². The van der Waals surface area contributed by atoms with E-state index in [-0.39, 0.29) is 12.0 Å². The Hall–Kier alpha value is -3.05. The highest BCUT2D eigenvalue weighted by molar-refractivity contribution is 5.93. The maximum Gasteiger partial charge on any atom is 0.289 e. The van der Waals surface area contributed by atoms with Gasteiger partial charge >= 0.3 is 0 Å². The Morgan fingerprint density at radius 3 is 2.61 bits per heavy atom. The third-order valence-electron chi connectivity index (χ3n) is 6.95. The number of hydrogen-bond acceptors (Lipinski definition) is 4. The third kappa shape index (κ3) is 4.83. The quantitative estimate of drug-likeness (QED) is 0.509. The summed E-state index contributed by atoms with van der Waals surface area (Å²) in [6, 6.07) is 21.3. The summed E-state index contributed by atoms with van der Waals surface area (Å²) in [4.78, 5) is 17.6. The molecule has 0 saturated carbocycles. The van der Waals surface area contributed by atoms with Gasteiger partial charge in [-0.3, -0.25) is 4.79 Å². The van der Waals surface area contributed by atoms with Crippen LogP contribution in [0.25, 0.3) is 0 Å². The van der Waals surface area contributed by atoms with E-state index in [0.717, 1.165) is 37.9 Å². The first-order valence-electron chi connectivity index (χ1n) is 12.0. The number of anilines is 1. The molecule has 2 aromatic carbocycles. The number of likely N-dealkylation sites (tertiary alicyclic amines) is 1. The van der Waals surface area contributed by atoms with Crippen LogP contribution in [0.5, 0.6) is 0 Å². The molecule has 0 spiro atoms. The van der Waals surface area contributed by atoms with E-state index in [1.807, 2.05) is 17.0 Å². The van der Waals surface area contributed by atoms with E-state index in [1.165, 1.54) is 16.8 Å². The van der Waals surface area contributed by atoms with Crippen LogP contribution in [-0.2, 0) is 24.1 Å². The monoisotopic (exact) mass is 444 g/mol. The molecule has 1 aromatic heterocycles. The van der Waals surface area contributed by atoms with Gasteiger partial charge in [0.1, 0.15) is 0 Å². The number of piperidine rings is 1. The van der Waals surface area contributed by atoms with Crippen LogP contribution in [0.15, 0.2) is 71.3 Å². The number of furan rings is 1. The number of ether oxygens (including phenoxy) is 1. The van der Waals surface area contributed by atoms with Crippen LogP contribution >= 0.6 is 0 Å². The largest absolute Gasteiger partial charge is 0.459 e. The summed E-state index contributed by atoms with van der Waals surface area (Å²) in [5.74, 6) is 0.480. The lowest BCUT2D eigenvalue weighted by Gasteiger charge is -2.32. The topological polar surface area (TPSA) is 45.9 Å². The zero-order chi connectivity index (χ0) is 22.6. The Balaban J connectivity index is 1.15. The number of hydrogen-bond donors (Lipinski definition) is 0. The summed E-state index contributed by atoms with van der Waals surface area (Å²) < 4.78 is 11.8. The van der Waals surface area contributed by atoms with Crippen LogP contribution < -0.4 is 4.90 Å². The van der Waals surface area contributed by atoms with Crippen LogP contribution in [0, 0.1) is 0 Å². The summed E-state index contributed by atoms with van der Waals surface area (Å²) in [7, 11) is 0. The van der Waals surface area contributed by atoms with Crippen LogP contribution in [-0.4, -0.2) is 42.6 Å². The second kappa shape index (κ2) is 9.84. The highest BCUT2D eigenvalue weighted by Crippen LogP contribution is 2.34. The van der Waals surface area contributed by atoms with Gasteiger partial charge in [0.05, 0.1) is 19.0 Å². The Morgan fingerprint density at radius 1 is 1.03 bits per heavy atom. The number of benzene rings is 2. The van der Waals surface area contributed by atoms with Crippen molar-refractivity contribution in [3.63, 3.8) is 0 Å². The molecule has 0 radical (unpaired) electrons. The van der Waals surface area contributed by atoms with Crippen molar-refractivity contribution in [2.45, 2.75) is 51.3 Å². The van der Waals surface area contributed by atoms with E-state index in [9.17, 15) is 4.79 Å². The van der Waals surface area contributed by atoms with E-state index in [0.29, 0.717) is 31.4 Å². The molecule has 33 heavy (non-hydrogen) atoms. The van der Waals surface area contributed by atoms with Gasteiger partial charge in [-0.2, -0.15) is 0 Å². The molecule has 5 rings (SSSR count). The highest BCUT2D eigenvalue weighted by atomic mass is 16.5. The molecule has 5 heteroatoms. The van der Waals surface area contributed by atoms with Crippen molar-refractivity contribution in [3.05, 3.63) is 89.4 Å². The van der Waals surface area contributed by atoms with Gasteiger partial charge in [0, 0.05) is 36.9 Å². The minimum atomic E-state index is -0.00197. The number of amides is 1. The molecular formula is C28H32N2O3. The minimum absolute atomic E-state index is 0.00197. The van der Waals surface area contributed by atoms with E-state index < -0.39 is 0 Å². The molecule has 5 nitrogen and oxygen atoms in total. The molecule has 1 fully saturated rings. The second-order valence-corrected chi connectivity index (χ2v) is 9.18. The lowest BCUT2D eigenvalue weighted by atomic mass is 10.1. The zero-order valence-corrected chi connectivity index (χ0v) is 19.3. The summed E-state index contributed by atoms with van der Waals surface area (Å²) >= 11 is 0. The van der Waals surface area contributed by atoms with E-state index in [4.69, 9.17) is 9.15 Å². The van der Waals surface area contributed by atoms with Gasteiger partial charge < -0.3 is 19.0 Å². The highest BCUT2D eigenvalue weighted by Gasteiger charge is 2.30. The predicted octanol–water partition coefficient (Wildman–Crippen LogP) is 5.09. The molecular weight excluding hydrogens is 412 g/mol. The predicted molar refractivity (Wildman–Crippen MR) is 130 cm³/mol. The number of fused-ring (bicyclic) bond motifs is 1. The SMILES string of the molecule is CC1Cc2ccccc2N1Cc1ccoc1C(=O)N1CCC(OCCc2ccccc2)CC1. The van der Waals surface area contributed by atoms with Gasteiger partial charge in [0.15, 0.2) is 5.76 Å². The van der Waals surface area contributed by atoms with Crippen LogP contribution in [0.2, 0.25) is 0 Å². The summed E-state index contributed by atoms with van der Waals surface area (Å²) in [5.41, 5.74) is 4.89. The molecule has 1 unspecified atom stereocenters. The molecule has 0 N–H and O–H groups in total. The maximum atomic E-state index is 13.3. The molecule has 1 saturated heterocycles. The number of carbonyl (C=O) groups is 1. The van der Waals surface area contributed by atoms with E-state index in [2.05, 4.69) is 60.4 Å². The molecule has 1 amide bonds. The van der Waals surface area contributed by atoms with Crippen molar-refractivity contribution >= 4 is 11.6 Å². The van der Waals surface area contributed by atoms with Crippen LogP contribution in [0.3, 0.4) is 0 Å². The standard InChI is InChI=1S/C28H32N2O3/c1-21-19-23-9-5-6-10-26(23)30(21)20-24-14-18-33-27(24)28(31)29-15-11-25(12-16-29)32-17-13-22-7-3-2-4-8-22/h2-10,14,18,21,25H,11-13,15-17,19-20H2,1H3. The van der Waals surface area contributed by atoms with Crippen molar-refractivity contribution in [3.8, 4) is 0 Å². The average molecular weight is 445 g/mol. The van der Waals surface area contributed by atoms with Crippen molar-refractivity contribution in [2.75, 3.05) is 24.6 Å². The molecule has 2 aliphatic heterocycles. The van der Waals surface area contributed by atoms with Crippen LogP contribution in [0.1, 0.15) is 47.0 Å². The molecule has 3 aromatic rings. The Morgan fingerprint density at radius 2 is 1.79 bits per heavy atom. The number of rotatable bonds is 7. The zero-order valence-electron chi connectivity index (χ0n) is 19.3. The Bertz CT molecular complexity index is 1070. The molecule has 1 atom stereocenters. The van der Waals surface area contributed by atoms with E-state index in [1.54, 1.807) is 6.26 Å². The minimum Gasteiger partial charge on any atom is -0.459 e. The summed E-state index contributed by atoms with van der Waals surface area (Å²) in [6.45, 7) is 5.06. The first-order chi connectivity index (χ1) is 16.2. The van der Waals surface area contributed by atoms with Crippen molar-refractivity contribution in [1.29, 1.82) is 0 Å². The van der Waals surface area contributed by atoms with E-state index >= 15 is 0 Å². The summed E-state index contributed by atoms with van der Waals surface area (Å²) in [5, 5.41) is 0. The van der Waals surface area contributed by atoms with Gasteiger partial charge in [-0.15, -0.1) is 0 Å². The summed E-state index contributed by atoms with van der Waals surface area (Å²) in [6.07, 6.45) is 5.56. The third-order valence-corrected chi connectivity index (χ3v) is 6.95. The van der Waals surface area contributed by atoms with Crippen molar-refractivity contribution < 1.29 is 13.9 Å². The van der Waals surface area contributed by atoms with Crippen molar-refractivity contribution in [1.82, 2.24) is 4.90 Å². The Labute approximate surface area is 196 Å². The van der Waals surface area contributed by atoms with Gasteiger partial charge in [0.25, 0.3) is 5.91 Å². The normalized spacial score (nSPS) is 18.5. The molecule has 0 bridgehead atoms. The first kappa shape index (κ1) is 21.8.